The van der Waals surface area contributed by atoms with Crippen LogP contribution in [0.2, 0.25) is 0 Å². The molecule has 20 heavy (non-hydrogen) atoms. The Morgan fingerprint density at radius 3 is 1.35 bits per heavy atom. The van der Waals surface area contributed by atoms with E-state index in [2.05, 4.69) is 6.92 Å². The van der Waals surface area contributed by atoms with Crippen molar-refractivity contribution in [2.24, 2.45) is 0 Å². The molecule has 0 atom stereocenters. The normalized spacial score (nSPS) is 9.65. The predicted octanol–water partition coefficient (Wildman–Crippen LogP) is 1.75. The third-order valence-corrected chi connectivity index (χ3v) is 3.49. The van der Waals surface area contributed by atoms with Gasteiger partial charge >= 0.3 is 74.4 Å². The average molecular weight is 378 g/mol. The zero-order valence-electron chi connectivity index (χ0n) is 14.8. The monoisotopic (exact) mass is 378 g/mol. The third-order valence-electron chi connectivity index (χ3n) is 3.49. The number of hydrogen-bond donors (Lipinski definition) is 1. The van der Waals surface area contributed by atoms with Crippen LogP contribution in [0.3, 0.4) is 0 Å². The van der Waals surface area contributed by atoms with Crippen LogP contribution in [0.5, 0.6) is 0 Å². The van der Waals surface area contributed by atoms with E-state index < -0.39 is 5.97 Å². The van der Waals surface area contributed by atoms with Gasteiger partial charge in [0.1, 0.15) is 0 Å². The van der Waals surface area contributed by atoms with Crippen LogP contribution >= 0.6 is 0 Å². The van der Waals surface area contributed by atoms with Gasteiger partial charge in [-0.25, -0.2) is 0 Å². The molecule has 0 rings (SSSR count). The van der Waals surface area contributed by atoms with Crippen LogP contribution in [0, 0.1) is 0 Å². The summed E-state index contributed by atoms with van der Waals surface area (Å²) in [5.74, 6) is -0.655. The van der Waals surface area contributed by atoms with Gasteiger partial charge in [0.05, 0.1) is 0 Å². The topological polar surface area (TPSA) is 37.3 Å². The minimum absolute atomic E-state index is 0. The summed E-state index contributed by atoms with van der Waals surface area (Å²) in [5.41, 5.74) is 0. The van der Waals surface area contributed by atoms with Gasteiger partial charge in [-0.2, -0.15) is 0 Å². The fourth-order valence-electron chi connectivity index (χ4n) is 2.29. The zero-order chi connectivity index (χ0) is 13.5. The van der Waals surface area contributed by atoms with Gasteiger partial charge in [-0.3, -0.25) is 4.79 Å². The van der Waals surface area contributed by atoms with Crippen LogP contribution < -0.4 is 51.4 Å². The standard InChI is InChI=1S/C16H32O2.K.H2Se.H/c1-2-3-4-5-6-7-8-9-10-11-12-13-14-15-16(17)18;;;/h2-15H2,1H3,(H,17,18);;1H2;/q;+1;;-1. The van der Waals surface area contributed by atoms with E-state index in [0.29, 0.717) is 6.42 Å². The van der Waals surface area contributed by atoms with Gasteiger partial charge in [0.25, 0.3) is 0 Å². The molecule has 0 saturated heterocycles. The Labute approximate surface area is 180 Å². The van der Waals surface area contributed by atoms with Crippen molar-refractivity contribution in [2.75, 3.05) is 0 Å². The summed E-state index contributed by atoms with van der Waals surface area (Å²) in [4.78, 5) is 10.3. The molecule has 0 bridgehead atoms. The number of carbonyl (C=O) groups is 1. The van der Waals surface area contributed by atoms with Gasteiger partial charge in [-0.1, -0.05) is 84.0 Å². The summed E-state index contributed by atoms with van der Waals surface area (Å²) in [6, 6.07) is 0. The summed E-state index contributed by atoms with van der Waals surface area (Å²) < 4.78 is 0. The first-order valence-corrected chi connectivity index (χ1v) is 7.99. The van der Waals surface area contributed by atoms with Gasteiger partial charge in [0, 0.05) is 6.42 Å². The van der Waals surface area contributed by atoms with Crippen molar-refractivity contribution in [3.05, 3.63) is 0 Å². The first kappa shape index (κ1) is 26.5. The summed E-state index contributed by atoms with van der Waals surface area (Å²) in [6.45, 7) is 2.26. The Morgan fingerprint density at radius 1 is 0.750 bits per heavy atom. The molecule has 0 heterocycles. The fraction of sp³-hybridized carbons (Fsp3) is 0.938. The molecule has 0 aliphatic heterocycles. The molecule has 2 nitrogen and oxygen atoms in total. The summed E-state index contributed by atoms with van der Waals surface area (Å²) in [5, 5.41) is 8.49. The number of carboxylic acid groups (broad SMARTS) is 1. The van der Waals surface area contributed by atoms with Gasteiger partial charge in [-0.15, -0.1) is 0 Å². The Bertz CT molecular complexity index is 195. The Morgan fingerprint density at radius 2 is 1.05 bits per heavy atom. The van der Waals surface area contributed by atoms with Crippen LogP contribution in [-0.2, 0) is 4.79 Å². The van der Waals surface area contributed by atoms with Crippen LogP contribution in [0.4, 0.5) is 0 Å². The first-order valence-electron chi connectivity index (χ1n) is 7.99. The van der Waals surface area contributed by atoms with E-state index in [9.17, 15) is 4.79 Å². The molecule has 0 radical (unpaired) electrons. The number of unbranched alkanes of at least 4 members (excludes halogenated alkanes) is 12. The van der Waals surface area contributed by atoms with E-state index >= 15 is 0 Å². The second-order valence-corrected chi connectivity index (χ2v) is 5.39. The molecule has 0 fully saturated rings. The van der Waals surface area contributed by atoms with Crippen molar-refractivity contribution < 1.29 is 62.7 Å². The first-order chi connectivity index (χ1) is 8.77. The number of rotatable bonds is 14. The molecule has 0 aromatic rings. The average Bonchev–Trinajstić information content (AvgIpc) is 2.34. The van der Waals surface area contributed by atoms with E-state index in [1.54, 1.807) is 0 Å². The summed E-state index contributed by atoms with van der Waals surface area (Å²) in [6.07, 6.45) is 17.3. The van der Waals surface area contributed by atoms with E-state index in [1.165, 1.54) is 70.6 Å². The SMILES string of the molecule is CCCCCCCCCCCCCCCC(=O)O.[H-].[K+].[SeH2]. The Hall–Kier alpha value is 1.63. The quantitative estimate of drug-likeness (QED) is 0.370. The molecular weight excluding hydrogens is 342 g/mol. The van der Waals surface area contributed by atoms with Crippen molar-refractivity contribution in [2.45, 2.75) is 96.8 Å². The molecular formula is C16H35KO2Se. The zero-order valence-corrected chi connectivity index (χ0v) is 19.0. The number of aliphatic carboxylic acids is 1. The maximum absolute atomic E-state index is 10.3. The Balaban J connectivity index is -0.000000482. The van der Waals surface area contributed by atoms with E-state index in [4.69, 9.17) is 5.11 Å². The number of hydrogen-bond acceptors (Lipinski definition) is 1. The molecule has 4 heteroatoms. The number of carboxylic acids is 1. The second-order valence-electron chi connectivity index (χ2n) is 5.39. The van der Waals surface area contributed by atoms with Gasteiger partial charge < -0.3 is 6.53 Å². The van der Waals surface area contributed by atoms with Crippen molar-refractivity contribution in [1.82, 2.24) is 0 Å². The molecule has 0 aliphatic rings. The molecule has 0 amide bonds. The van der Waals surface area contributed by atoms with Crippen molar-refractivity contribution >= 4 is 23.0 Å². The molecule has 0 saturated carbocycles. The van der Waals surface area contributed by atoms with E-state index in [0.717, 1.165) is 12.8 Å². The predicted molar refractivity (Wildman–Crippen MR) is 87.6 cm³/mol. The van der Waals surface area contributed by atoms with Crippen LogP contribution in [0.15, 0.2) is 0 Å². The molecule has 118 valence electrons. The fourth-order valence-corrected chi connectivity index (χ4v) is 2.29. The van der Waals surface area contributed by atoms with Crippen molar-refractivity contribution in [3.63, 3.8) is 0 Å². The maximum atomic E-state index is 10.3. The van der Waals surface area contributed by atoms with Crippen molar-refractivity contribution in [3.8, 4) is 0 Å². The molecule has 0 unspecified atom stereocenters. The van der Waals surface area contributed by atoms with E-state index in [-0.39, 0.29) is 69.9 Å². The molecule has 1 N–H and O–H groups in total. The van der Waals surface area contributed by atoms with E-state index in [1.807, 2.05) is 0 Å². The van der Waals surface area contributed by atoms with Gasteiger partial charge in [-0.05, 0) is 6.42 Å². The van der Waals surface area contributed by atoms with Crippen LogP contribution in [0.1, 0.15) is 98.2 Å². The molecule has 0 aromatic heterocycles. The van der Waals surface area contributed by atoms with Gasteiger partial charge in [0.2, 0.25) is 0 Å². The molecule has 0 spiro atoms. The van der Waals surface area contributed by atoms with Crippen LogP contribution in [-0.4, -0.2) is 28.1 Å². The Kier molecular flexibility index (Phi) is 30.4. The summed E-state index contributed by atoms with van der Waals surface area (Å²) in [7, 11) is 0. The molecule has 0 aromatic carbocycles. The van der Waals surface area contributed by atoms with Gasteiger partial charge in [0.15, 0.2) is 0 Å². The molecule has 0 aliphatic carbocycles. The minimum atomic E-state index is -0.655. The van der Waals surface area contributed by atoms with Crippen LogP contribution in [0.25, 0.3) is 0 Å². The summed E-state index contributed by atoms with van der Waals surface area (Å²) >= 11 is 0. The van der Waals surface area contributed by atoms with Crippen molar-refractivity contribution in [1.29, 1.82) is 0 Å². The second kappa shape index (κ2) is 22.9. The third kappa shape index (κ3) is 24.6.